The van der Waals surface area contributed by atoms with Gasteiger partial charge in [0.15, 0.2) is 4.60 Å². The molecule has 0 amide bonds. The average Bonchev–Trinajstić information content (AvgIpc) is 2.64. The third kappa shape index (κ3) is 2.75. The fourth-order valence-corrected chi connectivity index (χ4v) is 3.44. The van der Waals surface area contributed by atoms with Crippen molar-refractivity contribution < 1.29 is 0 Å². The Morgan fingerprint density at radius 3 is 2.50 bits per heavy atom. The molecule has 0 radical (unpaired) electrons. The molecule has 1 aliphatic rings. The van der Waals surface area contributed by atoms with E-state index in [4.69, 9.17) is 5.84 Å². The monoisotopic (exact) mass is 315 g/mol. The third-order valence-electron chi connectivity index (χ3n) is 4.16. The molecule has 1 unspecified atom stereocenters. The van der Waals surface area contributed by atoms with Crippen LogP contribution in [0.4, 0.5) is 0 Å². The maximum atomic E-state index is 5.76. The van der Waals surface area contributed by atoms with Crippen LogP contribution in [0.5, 0.6) is 0 Å². The Morgan fingerprint density at radius 1 is 1.44 bits per heavy atom. The van der Waals surface area contributed by atoms with Crippen molar-refractivity contribution >= 4 is 15.9 Å². The van der Waals surface area contributed by atoms with E-state index >= 15 is 0 Å². The molecule has 6 heteroatoms. The number of nitrogens with two attached hydrogens (primary N) is 1. The van der Waals surface area contributed by atoms with Crippen LogP contribution in [-0.2, 0) is 7.05 Å². The molecule has 1 aromatic heterocycles. The standard InChI is InChI=1S/C12H22BrN5/c1-12(2)6-4-8(5-7-12)9(15-14)10-11(13)16-17-18(10)3/h8-9,15H,4-7,14H2,1-3H3. The minimum atomic E-state index is 0.121. The molecule has 102 valence electrons. The van der Waals surface area contributed by atoms with Gasteiger partial charge in [0, 0.05) is 7.05 Å². The predicted molar refractivity (Wildman–Crippen MR) is 74.5 cm³/mol. The van der Waals surface area contributed by atoms with E-state index in [2.05, 4.69) is 45.5 Å². The van der Waals surface area contributed by atoms with Gasteiger partial charge in [-0.3, -0.25) is 11.3 Å². The van der Waals surface area contributed by atoms with Crippen molar-refractivity contribution in [3.8, 4) is 0 Å². The van der Waals surface area contributed by atoms with Gasteiger partial charge in [0.1, 0.15) is 0 Å². The van der Waals surface area contributed by atoms with Crippen LogP contribution in [0.3, 0.4) is 0 Å². The summed E-state index contributed by atoms with van der Waals surface area (Å²) >= 11 is 3.46. The Morgan fingerprint density at radius 2 is 2.06 bits per heavy atom. The van der Waals surface area contributed by atoms with Crippen LogP contribution in [0.1, 0.15) is 51.3 Å². The summed E-state index contributed by atoms with van der Waals surface area (Å²) in [4.78, 5) is 0. The van der Waals surface area contributed by atoms with Crippen LogP contribution in [0.25, 0.3) is 0 Å². The van der Waals surface area contributed by atoms with Gasteiger partial charge in [-0.2, -0.15) is 0 Å². The second-order valence-electron chi connectivity index (χ2n) is 6.04. The maximum absolute atomic E-state index is 5.76. The number of aromatic nitrogens is 3. The Hall–Kier alpha value is -0.460. The van der Waals surface area contributed by atoms with E-state index in [-0.39, 0.29) is 6.04 Å². The highest BCUT2D eigenvalue weighted by Crippen LogP contribution is 2.43. The van der Waals surface area contributed by atoms with Crippen LogP contribution in [0.15, 0.2) is 4.60 Å². The number of hydrazine groups is 1. The lowest BCUT2D eigenvalue weighted by Gasteiger charge is -2.37. The summed E-state index contributed by atoms with van der Waals surface area (Å²) in [5, 5.41) is 8.08. The van der Waals surface area contributed by atoms with Crippen LogP contribution in [0.2, 0.25) is 0 Å². The van der Waals surface area contributed by atoms with E-state index in [0.29, 0.717) is 11.3 Å². The number of nitrogens with one attached hydrogen (secondary N) is 1. The molecular formula is C12H22BrN5. The normalized spacial score (nSPS) is 22.1. The van der Waals surface area contributed by atoms with E-state index in [1.54, 1.807) is 4.68 Å². The van der Waals surface area contributed by atoms with Gasteiger partial charge in [-0.1, -0.05) is 19.1 Å². The van der Waals surface area contributed by atoms with Gasteiger partial charge >= 0.3 is 0 Å². The summed E-state index contributed by atoms with van der Waals surface area (Å²) in [6.07, 6.45) is 4.89. The van der Waals surface area contributed by atoms with Crippen LogP contribution < -0.4 is 11.3 Å². The van der Waals surface area contributed by atoms with Gasteiger partial charge in [0.2, 0.25) is 0 Å². The average molecular weight is 316 g/mol. The quantitative estimate of drug-likeness (QED) is 0.663. The summed E-state index contributed by atoms with van der Waals surface area (Å²) in [5.41, 5.74) is 4.47. The number of hydrogen-bond acceptors (Lipinski definition) is 4. The molecule has 18 heavy (non-hydrogen) atoms. The first kappa shape index (κ1) is 14.0. The van der Waals surface area contributed by atoms with Crippen molar-refractivity contribution in [1.29, 1.82) is 0 Å². The topological polar surface area (TPSA) is 68.8 Å². The van der Waals surface area contributed by atoms with Crippen LogP contribution in [0, 0.1) is 11.3 Å². The van der Waals surface area contributed by atoms with Gasteiger partial charge < -0.3 is 0 Å². The number of nitrogens with zero attached hydrogens (tertiary/aromatic N) is 3. The number of aryl methyl sites for hydroxylation is 1. The fourth-order valence-electron chi connectivity index (χ4n) is 2.86. The molecule has 3 N–H and O–H groups in total. The SMILES string of the molecule is Cn1nnc(Br)c1C(NN)C1CCC(C)(C)CC1. The van der Waals surface area contributed by atoms with E-state index < -0.39 is 0 Å². The molecule has 1 heterocycles. The van der Waals surface area contributed by atoms with Gasteiger partial charge in [0.05, 0.1) is 11.7 Å². The molecule has 1 fully saturated rings. The first-order valence-corrected chi connectivity index (χ1v) is 7.25. The zero-order valence-electron chi connectivity index (χ0n) is 11.3. The molecule has 0 aliphatic heterocycles. The minimum Gasteiger partial charge on any atom is -0.271 e. The van der Waals surface area contributed by atoms with Crippen LogP contribution >= 0.6 is 15.9 Å². The van der Waals surface area contributed by atoms with Crippen LogP contribution in [-0.4, -0.2) is 15.0 Å². The lowest BCUT2D eigenvalue weighted by Crippen LogP contribution is -2.37. The summed E-state index contributed by atoms with van der Waals surface area (Å²) in [7, 11) is 1.91. The van der Waals surface area contributed by atoms with Gasteiger partial charge in [-0.05, 0) is 52.9 Å². The maximum Gasteiger partial charge on any atom is 0.153 e. The lowest BCUT2D eigenvalue weighted by molar-refractivity contribution is 0.158. The van der Waals surface area contributed by atoms with Crippen molar-refractivity contribution in [3.63, 3.8) is 0 Å². The molecular weight excluding hydrogens is 294 g/mol. The molecule has 0 saturated heterocycles. The second kappa shape index (κ2) is 5.27. The summed E-state index contributed by atoms with van der Waals surface area (Å²) in [6.45, 7) is 4.69. The molecule has 0 bridgehead atoms. The molecule has 1 aromatic rings. The first-order valence-electron chi connectivity index (χ1n) is 6.46. The highest BCUT2D eigenvalue weighted by molar-refractivity contribution is 9.10. The second-order valence-corrected chi connectivity index (χ2v) is 6.79. The summed E-state index contributed by atoms with van der Waals surface area (Å²) in [5.74, 6) is 6.31. The smallest absolute Gasteiger partial charge is 0.153 e. The number of rotatable bonds is 3. The highest BCUT2D eigenvalue weighted by Gasteiger charge is 2.34. The predicted octanol–water partition coefficient (Wildman–Crippen LogP) is 2.30. The van der Waals surface area contributed by atoms with E-state index in [1.165, 1.54) is 25.7 Å². The Labute approximate surface area is 117 Å². The fraction of sp³-hybridized carbons (Fsp3) is 0.833. The lowest BCUT2D eigenvalue weighted by atomic mass is 9.71. The van der Waals surface area contributed by atoms with E-state index in [0.717, 1.165) is 10.3 Å². The third-order valence-corrected chi connectivity index (χ3v) is 4.72. The van der Waals surface area contributed by atoms with Gasteiger partial charge in [0.25, 0.3) is 0 Å². The van der Waals surface area contributed by atoms with Crippen molar-refractivity contribution in [1.82, 2.24) is 20.4 Å². The Kier molecular flexibility index (Phi) is 4.08. The highest BCUT2D eigenvalue weighted by atomic mass is 79.9. The van der Waals surface area contributed by atoms with Crippen molar-refractivity contribution in [3.05, 3.63) is 10.3 Å². The molecule has 1 saturated carbocycles. The van der Waals surface area contributed by atoms with Crippen molar-refractivity contribution in [2.75, 3.05) is 0 Å². The Balaban J connectivity index is 2.15. The van der Waals surface area contributed by atoms with Crippen molar-refractivity contribution in [2.24, 2.45) is 24.2 Å². The summed E-state index contributed by atoms with van der Waals surface area (Å²) < 4.78 is 2.59. The zero-order valence-corrected chi connectivity index (χ0v) is 12.9. The largest absolute Gasteiger partial charge is 0.271 e. The Bertz CT molecular complexity index is 385. The molecule has 5 nitrogen and oxygen atoms in total. The number of halogens is 1. The molecule has 0 aromatic carbocycles. The zero-order chi connectivity index (χ0) is 13.3. The number of hydrogen-bond donors (Lipinski definition) is 2. The molecule has 1 aliphatic carbocycles. The first-order chi connectivity index (χ1) is 8.44. The minimum absolute atomic E-state index is 0.121. The molecule has 1 atom stereocenters. The van der Waals surface area contributed by atoms with E-state index in [1.807, 2.05) is 7.05 Å². The van der Waals surface area contributed by atoms with E-state index in [9.17, 15) is 0 Å². The van der Waals surface area contributed by atoms with Gasteiger partial charge in [-0.25, -0.2) is 4.68 Å². The van der Waals surface area contributed by atoms with Gasteiger partial charge in [-0.15, -0.1) is 5.10 Å². The molecule has 2 rings (SSSR count). The molecule has 0 spiro atoms. The summed E-state index contributed by atoms with van der Waals surface area (Å²) in [6, 6.07) is 0.121. The van der Waals surface area contributed by atoms with Crippen molar-refractivity contribution in [2.45, 2.75) is 45.6 Å².